The highest BCUT2D eigenvalue weighted by Crippen LogP contribution is 2.53. The standard InChI is InChI=1S/C27H29Cl2NO4/c1-15-23-21(25(31)30(15)26(32)34-27(2,3)4)13-12-20(19-11-10-18(33-5)14-22(19)29)24(23)16-6-8-17(28)9-7-16/h6-15,20-21,23-24H,1-5H3/t15-,20+,21+,23-,24+/m1/s1. The molecule has 180 valence electrons. The highest BCUT2D eigenvalue weighted by molar-refractivity contribution is 6.31. The van der Waals surface area contributed by atoms with E-state index in [9.17, 15) is 9.59 Å². The van der Waals surface area contributed by atoms with Crippen molar-refractivity contribution in [3.63, 3.8) is 0 Å². The molecule has 2 aromatic rings. The number of allylic oxidation sites excluding steroid dienone is 1. The van der Waals surface area contributed by atoms with Gasteiger partial charge >= 0.3 is 6.09 Å². The van der Waals surface area contributed by atoms with Crippen LogP contribution < -0.4 is 4.74 Å². The first-order valence-electron chi connectivity index (χ1n) is 11.3. The van der Waals surface area contributed by atoms with Crippen molar-refractivity contribution in [2.45, 2.75) is 51.2 Å². The van der Waals surface area contributed by atoms with Gasteiger partial charge in [-0.25, -0.2) is 9.69 Å². The summed E-state index contributed by atoms with van der Waals surface area (Å²) in [5.74, 6) is -0.360. The van der Waals surface area contributed by atoms with Crippen LogP contribution >= 0.6 is 23.2 Å². The van der Waals surface area contributed by atoms with Gasteiger partial charge in [0, 0.05) is 33.8 Å². The van der Waals surface area contributed by atoms with Crippen molar-refractivity contribution in [1.29, 1.82) is 0 Å². The summed E-state index contributed by atoms with van der Waals surface area (Å²) < 4.78 is 10.9. The first-order valence-corrected chi connectivity index (χ1v) is 12.1. The van der Waals surface area contributed by atoms with Crippen molar-refractivity contribution in [3.05, 3.63) is 75.8 Å². The van der Waals surface area contributed by atoms with Crippen LogP contribution in [0.3, 0.4) is 0 Å². The van der Waals surface area contributed by atoms with E-state index >= 15 is 0 Å². The summed E-state index contributed by atoms with van der Waals surface area (Å²) in [5.41, 5.74) is 1.27. The Morgan fingerprint density at radius 2 is 1.65 bits per heavy atom. The van der Waals surface area contributed by atoms with Crippen molar-refractivity contribution in [2.75, 3.05) is 7.11 Å². The molecule has 5 nitrogen and oxygen atoms in total. The number of hydrogen-bond donors (Lipinski definition) is 0. The van der Waals surface area contributed by atoms with Gasteiger partial charge in [0.15, 0.2) is 0 Å². The maximum Gasteiger partial charge on any atom is 0.417 e. The maximum atomic E-state index is 13.4. The number of likely N-dealkylation sites (tertiary alicyclic amines) is 1. The van der Waals surface area contributed by atoms with E-state index < -0.39 is 17.6 Å². The van der Waals surface area contributed by atoms with E-state index in [0.717, 1.165) is 11.1 Å². The van der Waals surface area contributed by atoms with Crippen LogP contribution in [0, 0.1) is 11.8 Å². The third-order valence-electron chi connectivity index (χ3n) is 6.64. The van der Waals surface area contributed by atoms with Gasteiger partial charge in [-0.1, -0.05) is 53.6 Å². The Kier molecular flexibility index (Phi) is 6.71. The lowest BCUT2D eigenvalue weighted by atomic mass is 9.65. The molecule has 0 aromatic heterocycles. The highest BCUT2D eigenvalue weighted by atomic mass is 35.5. The summed E-state index contributed by atoms with van der Waals surface area (Å²) in [6, 6.07) is 13.0. The lowest BCUT2D eigenvalue weighted by Gasteiger charge is -2.38. The first kappa shape index (κ1) is 24.6. The van der Waals surface area contributed by atoms with Crippen LogP contribution in [0.25, 0.3) is 0 Å². The number of carbonyl (C=O) groups excluding carboxylic acids is 2. The van der Waals surface area contributed by atoms with Crippen LogP contribution in [-0.4, -0.2) is 35.7 Å². The molecule has 0 unspecified atom stereocenters. The third kappa shape index (κ3) is 4.56. The number of carbonyl (C=O) groups is 2. The molecular formula is C27H29Cl2NO4. The molecule has 1 fully saturated rings. The quantitative estimate of drug-likeness (QED) is 0.432. The Bertz CT molecular complexity index is 1120. The Morgan fingerprint density at radius 3 is 2.24 bits per heavy atom. The average molecular weight is 502 g/mol. The second-order valence-corrected chi connectivity index (χ2v) is 10.8. The van der Waals surface area contributed by atoms with Gasteiger partial charge in [-0.05, 0) is 63.1 Å². The zero-order chi connectivity index (χ0) is 24.8. The van der Waals surface area contributed by atoms with E-state index in [2.05, 4.69) is 0 Å². The molecule has 1 heterocycles. The van der Waals surface area contributed by atoms with Crippen molar-refractivity contribution in [1.82, 2.24) is 4.90 Å². The molecule has 0 saturated carbocycles. The van der Waals surface area contributed by atoms with Crippen molar-refractivity contribution < 1.29 is 19.1 Å². The molecule has 1 saturated heterocycles. The molecule has 2 aliphatic rings. The molecular weight excluding hydrogens is 473 g/mol. The fourth-order valence-electron chi connectivity index (χ4n) is 5.21. The normalized spacial score (nSPS) is 26.4. The van der Waals surface area contributed by atoms with Crippen LogP contribution in [0.2, 0.25) is 10.0 Å². The van der Waals surface area contributed by atoms with Gasteiger partial charge in [0.2, 0.25) is 5.91 Å². The number of imide groups is 1. The Labute approximate surface area is 210 Å². The molecule has 0 bridgehead atoms. The van der Waals surface area contributed by atoms with Gasteiger partial charge in [0.1, 0.15) is 11.4 Å². The van der Waals surface area contributed by atoms with E-state index in [-0.39, 0.29) is 29.7 Å². The Hall–Kier alpha value is -2.50. The molecule has 0 N–H and O–H groups in total. The summed E-state index contributed by atoms with van der Waals surface area (Å²) >= 11 is 12.9. The molecule has 0 radical (unpaired) electrons. The van der Waals surface area contributed by atoms with Crippen LogP contribution in [0.5, 0.6) is 5.75 Å². The van der Waals surface area contributed by atoms with Crippen LogP contribution in [0.4, 0.5) is 4.79 Å². The van der Waals surface area contributed by atoms with E-state index in [4.69, 9.17) is 32.7 Å². The van der Waals surface area contributed by atoms with E-state index in [0.29, 0.717) is 15.8 Å². The predicted molar refractivity (Wildman–Crippen MR) is 134 cm³/mol. The van der Waals surface area contributed by atoms with Gasteiger partial charge in [0.25, 0.3) is 0 Å². The minimum Gasteiger partial charge on any atom is -0.497 e. The fraction of sp³-hybridized carbons (Fsp3) is 0.407. The van der Waals surface area contributed by atoms with Crippen LogP contribution in [0.15, 0.2) is 54.6 Å². The molecule has 5 atom stereocenters. The van der Waals surface area contributed by atoms with Crippen molar-refractivity contribution in [2.24, 2.45) is 11.8 Å². The van der Waals surface area contributed by atoms with Crippen molar-refractivity contribution in [3.8, 4) is 5.75 Å². The Morgan fingerprint density at radius 1 is 1.00 bits per heavy atom. The molecule has 1 aliphatic carbocycles. The molecule has 1 aliphatic heterocycles. The topological polar surface area (TPSA) is 55.8 Å². The molecule has 4 rings (SSSR count). The van der Waals surface area contributed by atoms with Crippen LogP contribution in [0.1, 0.15) is 50.7 Å². The molecule has 34 heavy (non-hydrogen) atoms. The third-order valence-corrected chi connectivity index (χ3v) is 7.22. The molecule has 7 heteroatoms. The second-order valence-electron chi connectivity index (χ2n) is 9.91. The van der Waals surface area contributed by atoms with Gasteiger partial charge in [-0.2, -0.15) is 0 Å². The number of fused-ring (bicyclic) bond motifs is 1. The van der Waals surface area contributed by atoms with Crippen LogP contribution in [-0.2, 0) is 9.53 Å². The zero-order valence-electron chi connectivity index (χ0n) is 19.9. The SMILES string of the molecule is COc1ccc([C@@H]2C=C[C@@H]3C(=O)N(C(=O)OC(C)(C)C)[C@H](C)[C@H]3[C@H]2c2ccc(Cl)cc2)c(Cl)c1. The average Bonchev–Trinajstić information content (AvgIpc) is 3.02. The molecule has 2 amide bonds. The number of hydrogen-bond acceptors (Lipinski definition) is 4. The first-order chi connectivity index (χ1) is 16.0. The monoisotopic (exact) mass is 501 g/mol. The number of methoxy groups -OCH3 is 1. The Balaban J connectivity index is 1.79. The lowest BCUT2D eigenvalue weighted by Crippen LogP contribution is -2.43. The van der Waals surface area contributed by atoms with Gasteiger partial charge in [-0.3, -0.25) is 4.79 Å². The summed E-state index contributed by atoms with van der Waals surface area (Å²) in [7, 11) is 1.60. The number of amides is 2. The molecule has 0 spiro atoms. The number of benzene rings is 2. The molecule has 2 aromatic carbocycles. The van der Waals surface area contributed by atoms with Gasteiger partial charge in [0.05, 0.1) is 13.0 Å². The number of rotatable bonds is 3. The number of ether oxygens (including phenoxy) is 2. The highest BCUT2D eigenvalue weighted by Gasteiger charge is 2.54. The minimum atomic E-state index is -0.699. The fourth-order valence-corrected chi connectivity index (χ4v) is 5.64. The second kappa shape index (κ2) is 9.27. The van der Waals surface area contributed by atoms with E-state index in [1.807, 2.05) is 55.5 Å². The lowest BCUT2D eigenvalue weighted by molar-refractivity contribution is -0.130. The minimum absolute atomic E-state index is 0.102. The maximum absolute atomic E-state index is 13.4. The van der Waals surface area contributed by atoms with Crippen molar-refractivity contribution >= 4 is 35.2 Å². The van der Waals surface area contributed by atoms with E-state index in [1.165, 1.54) is 4.90 Å². The summed E-state index contributed by atoms with van der Waals surface area (Å²) in [6.07, 6.45) is 3.35. The number of halogens is 2. The summed E-state index contributed by atoms with van der Waals surface area (Å²) in [5, 5.41) is 1.23. The van der Waals surface area contributed by atoms with Gasteiger partial charge < -0.3 is 9.47 Å². The largest absolute Gasteiger partial charge is 0.497 e. The smallest absolute Gasteiger partial charge is 0.417 e. The number of nitrogens with zero attached hydrogens (tertiary/aromatic N) is 1. The summed E-state index contributed by atoms with van der Waals surface area (Å²) in [6.45, 7) is 7.30. The van der Waals surface area contributed by atoms with Gasteiger partial charge in [-0.15, -0.1) is 0 Å². The van der Waals surface area contributed by atoms with E-state index in [1.54, 1.807) is 33.9 Å². The zero-order valence-corrected chi connectivity index (χ0v) is 21.4. The predicted octanol–water partition coefficient (Wildman–Crippen LogP) is 6.84. The summed E-state index contributed by atoms with van der Waals surface area (Å²) in [4.78, 5) is 27.7.